The Hall–Kier alpha value is -2.42. The summed E-state index contributed by atoms with van der Waals surface area (Å²) in [5, 5.41) is 0.934. The first-order valence-corrected chi connectivity index (χ1v) is 6.48. The lowest BCUT2D eigenvalue weighted by atomic mass is 10.1. The number of aromatic nitrogens is 1. The van der Waals surface area contributed by atoms with Crippen molar-refractivity contribution in [2.75, 3.05) is 0 Å². The summed E-state index contributed by atoms with van der Waals surface area (Å²) in [6, 6.07) is 14.0. The molecule has 20 heavy (non-hydrogen) atoms. The molecule has 0 radical (unpaired) electrons. The fraction of sp³-hybridized carbons (Fsp3) is 0.118. The van der Waals surface area contributed by atoms with Crippen LogP contribution < -0.4 is 0 Å². The Labute approximate surface area is 116 Å². The van der Waals surface area contributed by atoms with Gasteiger partial charge in [0.25, 0.3) is 0 Å². The lowest BCUT2D eigenvalue weighted by Crippen LogP contribution is -2.09. The average Bonchev–Trinajstić information content (AvgIpc) is 2.81. The number of carbonyl (C=O) groups is 1. The standard InChI is InChI=1S/C17H14FNO/c1-12-3-2-4-14(9-12)17(20)11-19-8-7-13-5-6-15(18)10-16(13)19/h2-10H,11H2,1H3. The topological polar surface area (TPSA) is 22.0 Å². The molecule has 0 spiro atoms. The van der Waals surface area contributed by atoms with Crippen LogP contribution in [-0.2, 0) is 6.54 Å². The van der Waals surface area contributed by atoms with Crippen molar-refractivity contribution in [1.29, 1.82) is 0 Å². The van der Waals surface area contributed by atoms with Gasteiger partial charge in [-0.05, 0) is 42.6 Å². The number of nitrogens with zero attached hydrogens (tertiary/aromatic N) is 1. The third kappa shape index (κ3) is 2.35. The van der Waals surface area contributed by atoms with Gasteiger partial charge in [-0.2, -0.15) is 0 Å². The first-order valence-electron chi connectivity index (χ1n) is 6.48. The fourth-order valence-electron chi connectivity index (χ4n) is 2.36. The van der Waals surface area contributed by atoms with Gasteiger partial charge in [-0.1, -0.05) is 23.8 Å². The highest BCUT2D eigenvalue weighted by Gasteiger charge is 2.09. The van der Waals surface area contributed by atoms with Crippen LogP contribution in [0.3, 0.4) is 0 Å². The van der Waals surface area contributed by atoms with Gasteiger partial charge in [0, 0.05) is 11.8 Å². The van der Waals surface area contributed by atoms with Crippen LogP contribution in [-0.4, -0.2) is 10.4 Å². The Morgan fingerprint density at radius 2 is 2.00 bits per heavy atom. The summed E-state index contributed by atoms with van der Waals surface area (Å²) in [6.45, 7) is 2.17. The van der Waals surface area contributed by atoms with E-state index in [9.17, 15) is 9.18 Å². The Morgan fingerprint density at radius 1 is 1.15 bits per heavy atom. The van der Waals surface area contributed by atoms with Crippen LogP contribution in [0, 0.1) is 12.7 Å². The summed E-state index contributed by atoms with van der Waals surface area (Å²) < 4.78 is 15.1. The molecule has 0 saturated heterocycles. The van der Waals surface area contributed by atoms with Crippen molar-refractivity contribution in [1.82, 2.24) is 4.57 Å². The van der Waals surface area contributed by atoms with Crippen LogP contribution in [0.25, 0.3) is 10.9 Å². The van der Waals surface area contributed by atoms with Gasteiger partial charge in [-0.3, -0.25) is 4.79 Å². The second-order valence-electron chi connectivity index (χ2n) is 4.94. The van der Waals surface area contributed by atoms with E-state index in [0.717, 1.165) is 16.5 Å². The molecule has 3 aromatic rings. The maximum atomic E-state index is 13.3. The first kappa shape index (κ1) is 12.6. The molecular weight excluding hydrogens is 253 g/mol. The molecule has 0 fully saturated rings. The molecule has 0 aliphatic rings. The number of aryl methyl sites for hydroxylation is 1. The molecule has 3 heteroatoms. The van der Waals surface area contributed by atoms with E-state index >= 15 is 0 Å². The molecule has 0 amide bonds. The third-order valence-electron chi connectivity index (χ3n) is 3.39. The van der Waals surface area contributed by atoms with Crippen molar-refractivity contribution in [2.45, 2.75) is 13.5 Å². The Balaban J connectivity index is 1.93. The Kier molecular flexibility index (Phi) is 3.11. The molecule has 0 saturated carbocycles. The van der Waals surface area contributed by atoms with Crippen LogP contribution in [0.2, 0.25) is 0 Å². The summed E-state index contributed by atoms with van der Waals surface area (Å²) in [5.74, 6) is -0.268. The van der Waals surface area contributed by atoms with Crippen LogP contribution in [0.15, 0.2) is 54.7 Å². The number of hydrogen-bond donors (Lipinski definition) is 0. The van der Waals surface area contributed by atoms with Gasteiger partial charge in [0.15, 0.2) is 5.78 Å². The van der Waals surface area contributed by atoms with Gasteiger partial charge >= 0.3 is 0 Å². The molecular formula is C17H14FNO. The van der Waals surface area contributed by atoms with E-state index in [2.05, 4.69) is 0 Å². The van der Waals surface area contributed by atoms with Crippen molar-refractivity contribution in [3.63, 3.8) is 0 Å². The van der Waals surface area contributed by atoms with Crippen LogP contribution in [0.5, 0.6) is 0 Å². The smallest absolute Gasteiger partial charge is 0.182 e. The Bertz CT molecular complexity index is 789. The minimum Gasteiger partial charge on any atom is -0.340 e. The lowest BCUT2D eigenvalue weighted by Gasteiger charge is -2.06. The molecule has 1 aromatic heterocycles. The molecule has 100 valence electrons. The number of Topliss-reactive ketones (excluding diaryl/α,β-unsaturated/α-hetero) is 1. The Morgan fingerprint density at radius 3 is 2.80 bits per heavy atom. The number of rotatable bonds is 3. The van der Waals surface area contributed by atoms with E-state index < -0.39 is 0 Å². The molecule has 0 aliphatic carbocycles. The van der Waals surface area contributed by atoms with E-state index in [-0.39, 0.29) is 18.1 Å². The van der Waals surface area contributed by atoms with Crippen molar-refractivity contribution in [3.05, 3.63) is 71.7 Å². The number of benzene rings is 2. The molecule has 2 aromatic carbocycles. The largest absolute Gasteiger partial charge is 0.340 e. The van der Waals surface area contributed by atoms with Crippen LogP contribution in [0.4, 0.5) is 4.39 Å². The molecule has 0 atom stereocenters. The molecule has 1 heterocycles. The molecule has 3 rings (SSSR count). The van der Waals surface area contributed by atoms with Gasteiger partial charge in [-0.15, -0.1) is 0 Å². The van der Waals surface area contributed by atoms with Crippen LogP contribution in [0.1, 0.15) is 15.9 Å². The highest BCUT2D eigenvalue weighted by Crippen LogP contribution is 2.18. The van der Waals surface area contributed by atoms with Gasteiger partial charge in [0.2, 0.25) is 0 Å². The zero-order valence-electron chi connectivity index (χ0n) is 11.1. The maximum absolute atomic E-state index is 13.3. The van der Waals surface area contributed by atoms with Gasteiger partial charge in [-0.25, -0.2) is 4.39 Å². The van der Waals surface area contributed by atoms with E-state index in [1.165, 1.54) is 12.1 Å². The predicted molar refractivity (Wildman–Crippen MR) is 77.4 cm³/mol. The number of fused-ring (bicyclic) bond motifs is 1. The van der Waals surface area contributed by atoms with E-state index in [1.807, 2.05) is 43.5 Å². The number of ketones is 1. The monoisotopic (exact) mass is 267 g/mol. The molecule has 0 aliphatic heterocycles. The van der Waals surface area contributed by atoms with Crippen molar-refractivity contribution < 1.29 is 9.18 Å². The normalized spacial score (nSPS) is 10.9. The quantitative estimate of drug-likeness (QED) is 0.658. The summed E-state index contributed by atoms with van der Waals surface area (Å²) in [5.41, 5.74) is 2.48. The molecule has 0 unspecified atom stereocenters. The van der Waals surface area contributed by atoms with E-state index in [4.69, 9.17) is 0 Å². The third-order valence-corrected chi connectivity index (χ3v) is 3.39. The molecule has 0 bridgehead atoms. The number of halogens is 1. The maximum Gasteiger partial charge on any atom is 0.182 e. The van der Waals surface area contributed by atoms with Crippen molar-refractivity contribution >= 4 is 16.7 Å². The lowest BCUT2D eigenvalue weighted by molar-refractivity contribution is 0.0973. The molecule has 2 nitrogen and oxygen atoms in total. The summed E-state index contributed by atoms with van der Waals surface area (Å²) in [7, 11) is 0. The summed E-state index contributed by atoms with van der Waals surface area (Å²) in [6.07, 6.45) is 1.82. The average molecular weight is 267 g/mol. The zero-order chi connectivity index (χ0) is 14.1. The summed E-state index contributed by atoms with van der Waals surface area (Å²) >= 11 is 0. The van der Waals surface area contributed by atoms with Crippen molar-refractivity contribution in [2.24, 2.45) is 0 Å². The molecule has 0 N–H and O–H groups in total. The first-order chi connectivity index (χ1) is 9.63. The van der Waals surface area contributed by atoms with Gasteiger partial charge < -0.3 is 4.57 Å². The zero-order valence-corrected chi connectivity index (χ0v) is 11.1. The SMILES string of the molecule is Cc1cccc(C(=O)Cn2ccc3ccc(F)cc32)c1. The van der Waals surface area contributed by atoms with Crippen LogP contribution >= 0.6 is 0 Å². The second-order valence-corrected chi connectivity index (χ2v) is 4.94. The predicted octanol–water partition coefficient (Wildman–Crippen LogP) is 3.97. The minimum absolute atomic E-state index is 0.0236. The van der Waals surface area contributed by atoms with E-state index in [1.54, 1.807) is 10.6 Å². The highest BCUT2D eigenvalue weighted by atomic mass is 19.1. The van der Waals surface area contributed by atoms with E-state index in [0.29, 0.717) is 5.56 Å². The summed E-state index contributed by atoms with van der Waals surface area (Å²) in [4.78, 5) is 12.3. The van der Waals surface area contributed by atoms with Gasteiger partial charge in [0.1, 0.15) is 5.82 Å². The minimum atomic E-state index is -0.291. The van der Waals surface area contributed by atoms with Gasteiger partial charge in [0.05, 0.1) is 12.1 Å². The second kappa shape index (κ2) is 4.93. The fourth-order valence-corrected chi connectivity index (χ4v) is 2.36. The van der Waals surface area contributed by atoms with Crippen molar-refractivity contribution in [3.8, 4) is 0 Å². The highest BCUT2D eigenvalue weighted by molar-refractivity contribution is 5.97. The number of hydrogen-bond acceptors (Lipinski definition) is 1. The number of carbonyl (C=O) groups excluding carboxylic acids is 1.